The number of benzene rings is 1. The molecule has 1 aromatic rings. The van der Waals surface area contributed by atoms with Gasteiger partial charge in [-0.05, 0) is 32.5 Å². The highest BCUT2D eigenvalue weighted by Gasteiger charge is 2.42. The fourth-order valence-corrected chi connectivity index (χ4v) is 2.84. The molecule has 0 bridgehead atoms. The molecule has 1 heterocycles. The van der Waals surface area contributed by atoms with Gasteiger partial charge in [-0.1, -0.05) is 37.3 Å². The number of esters is 1. The predicted molar refractivity (Wildman–Crippen MR) is 75.8 cm³/mol. The molecule has 0 unspecified atom stereocenters. The predicted octanol–water partition coefficient (Wildman–Crippen LogP) is 2.81. The van der Waals surface area contributed by atoms with Gasteiger partial charge in [0.25, 0.3) is 0 Å². The Morgan fingerprint density at radius 2 is 2.11 bits per heavy atom. The molecule has 3 nitrogen and oxygen atoms in total. The van der Waals surface area contributed by atoms with Crippen LogP contribution in [0.1, 0.15) is 32.3 Å². The van der Waals surface area contributed by atoms with Gasteiger partial charge in [-0.2, -0.15) is 0 Å². The molecule has 0 aromatic heterocycles. The lowest BCUT2D eigenvalue weighted by Gasteiger charge is -2.35. The third-order valence-electron chi connectivity index (χ3n) is 4.13. The fraction of sp³-hybridized carbons (Fsp3) is 0.562. The highest BCUT2D eigenvalue weighted by atomic mass is 16.6. The van der Waals surface area contributed by atoms with Crippen LogP contribution in [0.3, 0.4) is 0 Å². The Bertz CT molecular complexity index is 432. The molecule has 2 rings (SSSR count). The lowest BCUT2D eigenvalue weighted by Crippen LogP contribution is -2.38. The van der Waals surface area contributed by atoms with Crippen molar-refractivity contribution in [1.29, 1.82) is 0 Å². The van der Waals surface area contributed by atoms with E-state index in [2.05, 4.69) is 31.0 Å². The molecule has 2 atom stereocenters. The molecule has 1 aromatic carbocycles. The van der Waals surface area contributed by atoms with E-state index >= 15 is 0 Å². The summed E-state index contributed by atoms with van der Waals surface area (Å²) < 4.78 is 5.84. The number of carbonyl (C=O) groups is 1. The van der Waals surface area contributed by atoms with Gasteiger partial charge < -0.3 is 9.64 Å². The SMILES string of the molecule is CCC(=O)O[C@@](C)(c1ccccc1)[C@H]1CCN(C)C1. The van der Waals surface area contributed by atoms with Gasteiger partial charge in [-0.25, -0.2) is 0 Å². The third-order valence-corrected chi connectivity index (χ3v) is 4.13. The smallest absolute Gasteiger partial charge is 0.306 e. The molecule has 1 fully saturated rings. The van der Waals surface area contributed by atoms with Crippen LogP contribution in [0.5, 0.6) is 0 Å². The van der Waals surface area contributed by atoms with Crippen LogP contribution in [0.25, 0.3) is 0 Å². The summed E-state index contributed by atoms with van der Waals surface area (Å²) in [5.74, 6) is 0.233. The minimum atomic E-state index is -0.515. The van der Waals surface area contributed by atoms with Crippen molar-refractivity contribution in [2.24, 2.45) is 5.92 Å². The zero-order chi connectivity index (χ0) is 13.9. The lowest BCUT2D eigenvalue weighted by atomic mass is 9.82. The molecule has 1 saturated heterocycles. The first-order valence-corrected chi connectivity index (χ1v) is 7.02. The van der Waals surface area contributed by atoms with E-state index < -0.39 is 5.60 Å². The lowest BCUT2D eigenvalue weighted by molar-refractivity contribution is -0.164. The Kier molecular flexibility index (Phi) is 4.25. The Balaban J connectivity index is 2.30. The minimum Gasteiger partial charge on any atom is -0.454 e. The van der Waals surface area contributed by atoms with Gasteiger partial charge in [-0.3, -0.25) is 4.79 Å². The molecule has 0 radical (unpaired) electrons. The Morgan fingerprint density at radius 3 is 2.63 bits per heavy atom. The van der Waals surface area contributed by atoms with Crippen molar-refractivity contribution in [3.05, 3.63) is 35.9 Å². The summed E-state index contributed by atoms with van der Waals surface area (Å²) in [5.41, 5.74) is 0.580. The quantitative estimate of drug-likeness (QED) is 0.781. The normalized spacial score (nSPS) is 23.0. The van der Waals surface area contributed by atoms with E-state index in [1.807, 2.05) is 25.1 Å². The van der Waals surface area contributed by atoms with E-state index in [0.29, 0.717) is 12.3 Å². The highest BCUT2D eigenvalue weighted by Crippen LogP contribution is 2.38. The molecule has 1 aliphatic rings. The highest BCUT2D eigenvalue weighted by molar-refractivity contribution is 5.69. The molecular weight excluding hydrogens is 238 g/mol. The van der Waals surface area contributed by atoms with Gasteiger partial charge in [-0.15, -0.1) is 0 Å². The summed E-state index contributed by atoms with van der Waals surface area (Å²) >= 11 is 0. The number of nitrogens with zero attached hydrogens (tertiary/aromatic N) is 1. The summed E-state index contributed by atoms with van der Waals surface area (Å²) in [4.78, 5) is 14.1. The van der Waals surface area contributed by atoms with Gasteiger partial charge in [0, 0.05) is 18.9 Å². The van der Waals surface area contributed by atoms with Crippen LogP contribution in [0.4, 0.5) is 0 Å². The molecule has 0 amide bonds. The van der Waals surface area contributed by atoms with Crippen LogP contribution in [0, 0.1) is 5.92 Å². The summed E-state index contributed by atoms with van der Waals surface area (Å²) in [6.07, 6.45) is 1.49. The van der Waals surface area contributed by atoms with Gasteiger partial charge in [0.15, 0.2) is 0 Å². The molecule has 104 valence electrons. The molecular formula is C16H23NO2. The maximum Gasteiger partial charge on any atom is 0.306 e. The van der Waals surface area contributed by atoms with E-state index in [0.717, 1.165) is 25.1 Å². The maximum absolute atomic E-state index is 11.8. The summed E-state index contributed by atoms with van der Waals surface area (Å²) in [5, 5.41) is 0. The van der Waals surface area contributed by atoms with E-state index in [1.165, 1.54) is 0 Å². The van der Waals surface area contributed by atoms with Crippen LogP contribution in [-0.4, -0.2) is 31.0 Å². The molecule has 3 heteroatoms. The first kappa shape index (κ1) is 14.1. The van der Waals surface area contributed by atoms with Crippen molar-refractivity contribution < 1.29 is 9.53 Å². The van der Waals surface area contributed by atoms with Crippen LogP contribution in [0.2, 0.25) is 0 Å². The third kappa shape index (κ3) is 2.98. The van der Waals surface area contributed by atoms with Crippen molar-refractivity contribution in [1.82, 2.24) is 4.90 Å². The maximum atomic E-state index is 11.8. The van der Waals surface area contributed by atoms with E-state index in [1.54, 1.807) is 0 Å². The van der Waals surface area contributed by atoms with E-state index in [4.69, 9.17) is 4.74 Å². The van der Waals surface area contributed by atoms with Crippen molar-refractivity contribution in [3.8, 4) is 0 Å². The Hall–Kier alpha value is -1.35. The number of rotatable bonds is 4. The first-order chi connectivity index (χ1) is 9.06. The number of likely N-dealkylation sites (tertiary alicyclic amines) is 1. The molecule has 19 heavy (non-hydrogen) atoms. The standard InChI is InChI=1S/C16H23NO2/c1-4-15(18)19-16(2,13-8-6-5-7-9-13)14-10-11-17(3)12-14/h5-9,14H,4,10-12H2,1-3H3/t14-,16-/m0/s1. The van der Waals surface area contributed by atoms with Gasteiger partial charge in [0.2, 0.25) is 0 Å². The van der Waals surface area contributed by atoms with Crippen LogP contribution < -0.4 is 0 Å². The molecule has 0 spiro atoms. The topological polar surface area (TPSA) is 29.5 Å². The summed E-state index contributed by atoms with van der Waals surface area (Å²) in [6.45, 7) is 5.94. The van der Waals surface area contributed by atoms with Crippen molar-refractivity contribution in [2.75, 3.05) is 20.1 Å². The van der Waals surface area contributed by atoms with Gasteiger partial charge >= 0.3 is 5.97 Å². The van der Waals surface area contributed by atoms with Crippen LogP contribution in [-0.2, 0) is 15.1 Å². The number of carbonyl (C=O) groups excluding carboxylic acids is 1. The Morgan fingerprint density at radius 1 is 1.42 bits per heavy atom. The van der Waals surface area contributed by atoms with Crippen molar-refractivity contribution >= 4 is 5.97 Å². The Labute approximate surface area is 115 Å². The fourth-order valence-electron chi connectivity index (χ4n) is 2.84. The second-order valence-electron chi connectivity index (χ2n) is 5.55. The number of hydrogen-bond acceptors (Lipinski definition) is 3. The molecule has 0 aliphatic carbocycles. The van der Waals surface area contributed by atoms with E-state index in [9.17, 15) is 4.79 Å². The van der Waals surface area contributed by atoms with Crippen molar-refractivity contribution in [2.45, 2.75) is 32.3 Å². The van der Waals surface area contributed by atoms with E-state index in [-0.39, 0.29) is 5.97 Å². The molecule has 1 aliphatic heterocycles. The van der Waals surface area contributed by atoms with Gasteiger partial charge in [0.05, 0.1) is 0 Å². The number of hydrogen-bond donors (Lipinski definition) is 0. The average Bonchev–Trinajstić information content (AvgIpc) is 2.86. The molecule has 0 saturated carbocycles. The van der Waals surface area contributed by atoms with Crippen LogP contribution in [0.15, 0.2) is 30.3 Å². The molecule has 0 N–H and O–H groups in total. The van der Waals surface area contributed by atoms with Crippen molar-refractivity contribution in [3.63, 3.8) is 0 Å². The van der Waals surface area contributed by atoms with Gasteiger partial charge in [0.1, 0.15) is 5.60 Å². The number of ether oxygens (including phenoxy) is 1. The largest absolute Gasteiger partial charge is 0.454 e. The first-order valence-electron chi connectivity index (χ1n) is 7.02. The zero-order valence-electron chi connectivity index (χ0n) is 12.1. The second-order valence-corrected chi connectivity index (χ2v) is 5.55. The summed E-state index contributed by atoms with van der Waals surface area (Å²) in [7, 11) is 2.12. The average molecular weight is 261 g/mol. The van der Waals surface area contributed by atoms with Crippen LogP contribution >= 0.6 is 0 Å². The summed E-state index contributed by atoms with van der Waals surface area (Å²) in [6, 6.07) is 10.1. The zero-order valence-corrected chi connectivity index (χ0v) is 12.1. The minimum absolute atomic E-state index is 0.124. The monoisotopic (exact) mass is 261 g/mol. The second kappa shape index (κ2) is 5.74.